The number of amides is 2. The molecule has 2 amide bonds. The van der Waals surface area contributed by atoms with Gasteiger partial charge < -0.3 is 58.0 Å². The van der Waals surface area contributed by atoms with Gasteiger partial charge in [0.15, 0.2) is 12.2 Å². The summed E-state index contributed by atoms with van der Waals surface area (Å²) in [5.41, 5.74) is 0.603. The highest BCUT2D eigenvalue weighted by Gasteiger charge is 2.18. The molecule has 16 heteroatoms. The van der Waals surface area contributed by atoms with Gasteiger partial charge in [-0.2, -0.15) is 0 Å². The van der Waals surface area contributed by atoms with E-state index in [2.05, 4.69) is 23.8 Å². The molecule has 0 spiro atoms. The molecule has 326 valence electrons. The van der Waals surface area contributed by atoms with E-state index in [1.807, 2.05) is 36.4 Å². The Bertz CT molecular complexity index is 1620. The highest BCUT2D eigenvalue weighted by molar-refractivity contribution is 5.87. The van der Waals surface area contributed by atoms with E-state index >= 15 is 0 Å². The molecular weight excluding hydrogens is 780 g/mol. The van der Waals surface area contributed by atoms with Gasteiger partial charge in [0.05, 0.1) is 39.6 Å². The first-order valence-electron chi connectivity index (χ1n) is 19.5. The number of carbonyl (C=O) groups is 4. The summed E-state index contributed by atoms with van der Waals surface area (Å²) in [5.74, 6) is 1.36. The van der Waals surface area contributed by atoms with Gasteiger partial charge in [0, 0.05) is 30.3 Å². The number of esters is 2. The Morgan fingerprint density at radius 3 is 1.30 bits per heavy atom. The molecule has 0 aromatic heterocycles. The minimum atomic E-state index is -0.725. The van der Waals surface area contributed by atoms with Crippen molar-refractivity contribution < 1.29 is 66.5 Å². The molecule has 60 heavy (non-hydrogen) atoms. The van der Waals surface area contributed by atoms with Crippen molar-refractivity contribution in [3.63, 3.8) is 0 Å². The topological polar surface area (TPSA) is 185 Å². The van der Waals surface area contributed by atoms with Gasteiger partial charge in [-0.15, -0.1) is 0 Å². The molecule has 0 saturated heterocycles. The monoisotopic (exact) mass is 836 g/mol. The van der Waals surface area contributed by atoms with E-state index in [0.29, 0.717) is 47.0 Å². The number of carbonyl (C=O) groups excluding carboxylic acids is 4. The van der Waals surface area contributed by atoms with Crippen LogP contribution in [0.25, 0.3) is 0 Å². The van der Waals surface area contributed by atoms with E-state index in [9.17, 15) is 19.2 Å². The third-order valence-corrected chi connectivity index (χ3v) is 7.66. The highest BCUT2D eigenvalue weighted by atomic mass is 16.6. The van der Waals surface area contributed by atoms with Gasteiger partial charge in [0.1, 0.15) is 49.4 Å². The molecule has 0 aliphatic rings. The predicted molar refractivity (Wildman–Crippen MR) is 220 cm³/mol. The number of rotatable bonds is 30. The zero-order valence-electron chi connectivity index (χ0n) is 34.3. The molecule has 0 aliphatic carbocycles. The predicted octanol–water partition coefficient (Wildman–Crippen LogP) is 5.84. The van der Waals surface area contributed by atoms with Gasteiger partial charge in [-0.1, -0.05) is 55.6 Å². The molecule has 3 aromatic carbocycles. The normalized spacial score (nSPS) is 11.5. The van der Waals surface area contributed by atoms with Crippen LogP contribution in [0, 0.1) is 0 Å². The summed E-state index contributed by atoms with van der Waals surface area (Å²) >= 11 is 0. The fraction of sp³-hybridized carbons (Fsp3) is 0.409. The molecule has 0 radical (unpaired) electrons. The van der Waals surface area contributed by atoms with Gasteiger partial charge in [0.2, 0.25) is 0 Å². The van der Waals surface area contributed by atoms with Crippen LogP contribution in [0.5, 0.6) is 23.0 Å². The Balaban J connectivity index is 1.37. The second-order valence-corrected chi connectivity index (χ2v) is 13.0. The lowest BCUT2D eigenvalue weighted by Crippen LogP contribution is -2.36. The van der Waals surface area contributed by atoms with Crippen LogP contribution in [0.3, 0.4) is 0 Å². The second kappa shape index (κ2) is 29.0. The van der Waals surface area contributed by atoms with Crippen molar-refractivity contribution in [3.05, 3.63) is 109 Å². The molecule has 3 rings (SSSR count). The summed E-state index contributed by atoms with van der Waals surface area (Å²) in [6.07, 6.45) is -1.97. The first-order valence-corrected chi connectivity index (χ1v) is 19.5. The average Bonchev–Trinajstić information content (AvgIpc) is 3.24. The summed E-state index contributed by atoms with van der Waals surface area (Å²) in [5, 5.41) is 5.26. The maximum atomic E-state index is 12.5. The number of ether oxygens (including phenoxy) is 10. The molecule has 0 heterocycles. The molecule has 16 nitrogen and oxygen atoms in total. The Morgan fingerprint density at radius 2 is 0.900 bits per heavy atom. The molecule has 2 unspecified atom stereocenters. The van der Waals surface area contributed by atoms with E-state index in [1.54, 1.807) is 62.4 Å². The van der Waals surface area contributed by atoms with Gasteiger partial charge in [-0.25, -0.2) is 19.2 Å². The van der Waals surface area contributed by atoms with Gasteiger partial charge in [-0.05, 0) is 63.1 Å². The van der Waals surface area contributed by atoms with Crippen molar-refractivity contribution >= 4 is 24.1 Å². The summed E-state index contributed by atoms with van der Waals surface area (Å²) in [6.45, 7) is 11.9. The third kappa shape index (κ3) is 22.0. The number of alkyl carbamates (subject to hydrolysis) is 2. The minimum absolute atomic E-state index is 0.0483. The lowest BCUT2D eigenvalue weighted by Gasteiger charge is -2.19. The van der Waals surface area contributed by atoms with Crippen molar-refractivity contribution in [2.45, 2.75) is 38.9 Å². The summed E-state index contributed by atoms with van der Waals surface area (Å²) in [6, 6.07) is 25.3. The number of nitrogens with one attached hydrogen (secondary N) is 2. The largest absolute Gasteiger partial charge is 0.491 e. The van der Waals surface area contributed by atoms with E-state index < -0.39 is 36.3 Å². The second-order valence-electron chi connectivity index (χ2n) is 13.0. The van der Waals surface area contributed by atoms with Crippen LogP contribution >= 0.6 is 0 Å². The van der Waals surface area contributed by atoms with Crippen molar-refractivity contribution in [1.82, 2.24) is 10.6 Å². The molecule has 0 bridgehead atoms. The Hall–Kier alpha value is -6.26. The fourth-order valence-electron chi connectivity index (χ4n) is 4.65. The Kier molecular flexibility index (Phi) is 23.3. The van der Waals surface area contributed by atoms with Gasteiger partial charge in [0.25, 0.3) is 0 Å². The van der Waals surface area contributed by atoms with Crippen LogP contribution in [0.4, 0.5) is 9.59 Å². The molecule has 3 aromatic rings. The van der Waals surface area contributed by atoms with Crippen LogP contribution < -0.4 is 29.6 Å². The number of hydrogen-bond acceptors (Lipinski definition) is 14. The first kappa shape index (κ1) is 48.1. The van der Waals surface area contributed by atoms with Crippen LogP contribution in [-0.2, 0) is 38.0 Å². The fourth-order valence-corrected chi connectivity index (χ4v) is 4.65. The zero-order chi connectivity index (χ0) is 43.2. The maximum Gasteiger partial charge on any atom is 0.407 e. The van der Waals surface area contributed by atoms with E-state index in [-0.39, 0.29) is 79.2 Å². The third-order valence-electron chi connectivity index (χ3n) is 7.66. The first-order chi connectivity index (χ1) is 29.1. The van der Waals surface area contributed by atoms with E-state index in [0.717, 1.165) is 0 Å². The molecular formula is C44H56N2O14. The highest BCUT2D eigenvalue weighted by Crippen LogP contribution is 2.19. The minimum Gasteiger partial charge on any atom is -0.491 e. The zero-order valence-corrected chi connectivity index (χ0v) is 34.3. The molecule has 2 atom stereocenters. The molecule has 0 fully saturated rings. The summed E-state index contributed by atoms with van der Waals surface area (Å²) < 4.78 is 55.9. The van der Waals surface area contributed by atoms with Crippen molar-refractivity contribution in [3.8, 4) is 23.0 Å². The quantitative estimate of drug-likeness (QED) is 0.0353. The molecule has 0 saturated carbocycles. The summed E-state index contributed by atoms with van der Waals surface area (Å²) in [7, 11) is 0. The molecule has 2 N–H and O–H groups in total. The number of para-hydroxylation sites is 2. The van der Waals surface area contributed by atoms with Gasteiger partial charge in [-0.3, -0.25) is 0 Å². The van der Waals surface area contributed by atoms with Crippen molar-refractivity contribution in [2.75, 3.05) is 79.2 Å². The smallest absolute Gasteiger partial charge is 0.407 e. The molecule has 0 aliphatic heterocycles. The lowest BCUT2D eigenvalue weighted by molar-refractivity contribution is -0.139. The Labute approximate surface area is 351 Å². The van der Waals surface area contributed by atoms with Crippen molar-refractivity contribution in [1.29, 1.82) is 0 Å². The van der Waals surface area contributed by atoms with Gasteiger partial charge >= 0.3 is 24.1 Å². The van der Waals surface area contributed by atoms with Crippen LogP contribution in [-0.4, -0.2) is 115 Å². The van der Waals surface area contributed by atoms with Crippen molar-refractivity contribution in [2.24, 2.45) is 0 Å². The average molecular weight is 837 g/mol. The maximum absolute atomic E-state index is 12.5. The number of hydrogen-bond donors (Lipinski definition) is 2. The van der Waals surface area contributed by atoms with Crippen LogP contribution in [0.2, 0.25) is 0 Å². The van der Waals surface area contributed by atoms with E-state index in [1.165, 1.54) is 0 Å². The lowest BCUT2D eigenvalue weighted by atomic mass is 10.3. The van der Waals surface area contributed by atoms with Crippen LogP contribution in [0.1, 0.15) is 26.7 Å². The van der Waals surface area contributed by atoms with E-state index in [4.69, 9.17) is 47.4 Å². The Morgan fingerprint density at radius 1 is 0.500 bits per heavy atom. The SMILES string of the molecule is C=C(C)C(=O)OCCCNC(=O)OC(COCCOc1cccc(OCCOCC(COc2ccccc2)OC(=O)NCCCOC(=O)C(=C)C)c1)COc1ccccc1. The summed E-state index contributed by atoms with van der Waals surface area (Å²) in [4.78, 5) is 47.9. The number of benzene rings is 3. The van der Waals surface area contributed by atoms with Crippen LogP contribution in [0.15, 0.2) is 109 Å². The standard InChI is InChI=1S/C44H56N2O14/c1-33(2)41(47)55-22-12-20-45-43(49)59-39(31-57-35-14-7-5-8-15-35)29-51-24-26-53-37-18-11-19-38(28-37)54-27-25-52-30-40(32-58-36-16-9-6-10-17-36)60-44(50)46-21-13-23-56-42(48)34(3)4/h5-11,14-19,28,39-40H,1,3,12-13,20-27,29-32H2,2,4H3,(H,45,49)(H,46,50).